The number of hydrogen-bond donors (Lipinski definition) is 1. The van der Waals surface area contributed by atoms with Crippen molar-refractivity contribution in [1.82, 2.24) is 9.80 Å². The Balaban J connectivity index is 0.00000150. The minimum atomic E-state index is 0. The van der Waals surface area contributed by atoms with E-state index in [0.717, 1.165) is 45.7 Å². The molecule has 4 rings (SSSR count). The lowest BCUT2D eigenvalue weighted by atomic mass is 9.95. The molecule has 0 atom stereocenters. The van der Waals surface area contributed by atoms with Crippen LogP contribution < -0.4 is 0 Å². The van der Waals surface area contributed by atoms with Crippen molar-refractivity contribution in [2.45, 2.75) is 23.1 Å². The van der Waals surface area contributed by atoms with E-state index in [-0.39, 0.29) is 31.4 Å². The number of rotatable bonds is 5. The highest BCUT2D eigenvalue weighted by Gasteiger charge is 2.21. The van der Waals surface area contributed by atoms with Gasteiger partial charge in [-0.05, 0) is 42.2 Å². The summed E-state index contributed by atoms with van der Waals surface area (Å²) in [6.07, 6.45) is 3.51. The quantitative estimate of drug-likeness (QED) is 0.604. The van der Waals surface area contributed by atoms with Gasteiger partial charge in [0.1, 0.15) is 0 Å². The molecule has 0 unspecified atom stereocenters. The summed E-state index contributed by atoms with van der Waals surface area (Å²) >= 11 is 1.88. The van der Waals surface area contributed by atoms with Crippen LogP contribution in [0.4, 0.5) is 0 Å². The summed E-state index contributed by atoms with van der Waals surface area (Å²) in [5, 5.41) is 9.09. The van der Waals surface area contributed by atoms with Crippen molar-refractivity contribution in [2.75, 3.05) is 45.9 Å². The van der Waals surface area contributed by atoms with Crippen LogP contribution in [0.25, 0.3) is 5.57 Å². The Morgan fingerprint density at radius 2 is 1.55 bits per heavy atom. The van der Waals surface area contributed by atoms with Gasteiger partial charge in [-0.25, -0.2) is 0 Å². The summed E-state index contributed by atoms with van der Waals surface area (Å²) in [6, 6.07) is 15.6. The lowest BCUT2D eigenvalue weighted by molar-refractivity contribution is 0.114. The van der Waals surface area contributed by atoms with E-state index < -0.39 is 0 Å². The van der Waals surface area contributed by atoms with Gasteiger partial charge < -0.3 is 10.0 Å². The second kappa shape index (κ2) is 11.4. The SMILES string of the molecule is Cc1ccc2c(c1)/C(=C\CCN1CCN(CCO)CC1)c1ccccc1S2.Cl.Cl. The van der Waals surface area contributed by atoms with Crippen molar-refractivity contribution in [3.05, 3.63) is 65.2 Å². The number of benzene rings is 2. The molecule has 1 fully saturated rings. The average molecular weight is 453 g/mol. The highest BCUT2D eigenvalue weighted by atomic mass is 35.5. The van der Waals surface area contributed by atoms with Crippen molar-refractivity contribution in [1.29, 1.82) is 0 Å². The number of aliphatic hydroxyl groups excluding tert-OH is 1. The third kappa shape index (κ3) is 5.78. The van der Waals surface area contributed by atoms with E-state index in [1.807, 2.05) is 11.8 Å². The highest BCUT2D eigenvalue weighted by molar-refractivity contribution is 7.99. The van der Waals surface area contributed by atoms with Crippen molar-refractivity contribution in [3.63, 3.8) is 0 Å². The molecule has 1 saturated heterocycles. The maximum atomic E-state index is 9.09. The Hall–Kier alpha value is -1.01. The molecule has 29 heavy (non-hydrogen) atoms. The normalized spacial score (nSPS) is 17.8. The number of β-amino-alcohol motifs (C(OH)–C–C–N with tert-alkyl or cyclic N) is 1. The summed E-state index contributed by atoms with van der Waals surface area (Å²) in [5.41, 5.74) is 5.46. The summed E-state index contributed by atoms with van der Waals surface area (Å²) in [7, 11) is 0. The molecule has 2 aliphatic heterocycles. The lowest BCUT2D eigenvalue weighted by Gasteiger charge is -2.34. The van der Waals surface area contributed by atoms with Crippen LogP contribution in [0.15, 0.2) is 58.3 Å². The first-order valence-corrected chi connectivity index (χ1v) is 10.7. The number of aryl methyl sites for hydroxylation is 1. The Morgan fingerprint density at radius 1 is 0.897 bits per heavy atom. The van der Waals surface area contributed by atoms with Crippen LogP contribution >= 0.6 is 36.6 Å². The van der Waals surface area contributed by atoms with Gasteiger partial charge in [0.2, 0.25) is 0 Å². The first-order valence-electron chi connectivity index (χ1n) is 9.88. The molecule has 0 saturated carbocycles. The monoisotopic (exact) mass is 452 g/mol. The fourth-order valence-corrected chi connectivity index (χ4v) is 5.06. The lowest BCUT2D eigenvalue weighted by Crippen LogP contribution is -2.47. The van der Waals surface area contributed by atoms with Gasteiger partial charge >= 0.3 is 0 Å². The molecular formula is C23H30Cl2N2OS. The van der Waals surface area contributed by atoms with Crippen LogP contribution in [0.2, 0.25) is 0 Å². The number of piperazine rings is 1. The Bertz CT molecular complexity index is 835. The number of aliphatic hydroxyl groups is 1. The zero-order valence-electron chi connectivity index (χ0n) is 16.8. The average Bonchev–Trinajstić information content (AvgIpc) is 2.69. The van der Waals surface area contributed by atoms with Gasteiger partial charge in [0, 0.05) is 49.1 Å². The standard InChI is InChI=1S/C23H28N2OS.2ClH/c1-18-8-9-23-21(17-18)19(20-5-2-3-7-22(20)27-23)6-4-10-24-11-13-25(14-12-24)15-16-26;;/h2-3,5-9,17,26H,4,10-16H2,1H3;2*1H/b19-6-;;. The smallest absolute Gasteiger partial charge is 0.0558 e. The molecule has 0 bridgehead atoms. The van der Waals surface area contributed by atoms with Gasteiger partial charge in [-0.15, -0.1) is 24.8 Å². The van der Waals surface area contributed by atoms with Gasteiger partial charge in [0.05, 0.1) is 6.61 Å². The van der Waals surface area contributed by atoms with E-state index in [9.17, 15) is 0 Å². The van der Waals surface area contributed by atoms with Gasteiger partial charge in [0.25, 0.3) is 0 Å². The van der Waals surface area contributed by atoms with Crippen LogP contribution in [0, 0.1) is 6.92 Å². The van der Waals surface area contributed by atoms with E-state index in [1.165, 1.54) is 32.1 Å². The van der Waals surface area contributed by atoms with Crippen LogP contribution in [-0.4, -0.2) is 60.8 Å². The molecule has 0 amide bonds. The van der Waals surface area contributed by atoms with Crippen LogP contribution in [0.5, 0.6) is 0 Å². The Labute approximate surface area is 191 Å². The third-order valence-corrected chi connectivity index (χ3v) is 6.65. The largest absolute Gasteiger partial charge is 0.395 e. The van der Waals surface area contributed by atoms with E-state index in [1.54, 1.807) is 0 Å². The maximum absolute atomic E-state index is 9.09. The minimum Gasteiger partial charge on any atom is -0.395 e. The molecule has 2 aromatic carbocycles. The van der Waals surface area contributed by atoms with E-state index in [0.29, 0.717) is 0 Å². The predicted molar refractivity (Wildman–Crippen MR) is 128 cm³/mol. The van der Waals surface area contributed by atoms with Crippen LogP contribution in [-0.2, 0) is 0 Å². The number of fused-ring (bicyclic) bond motifs is 2. The maximum Gasteiger partial charge on any atom is 0.0558 e. The molecule has 1 N–H and O–H groups in total. The van der Waals surface area contributed by atoms with Gasteiger partial charge in [-0.1, -0.05) is 53.7 Å². The predicted octanol–water partition coefficient (Wildman–Crippen LogP) is 4.73. The molecule has 2 aromatic rings. The molecule has 0 aliphatic carbocycles. The van der Waals surface area contributed by atoms with E-state index in [2.05, 4.69) is 65.3 Å². The van der Waals surface area contributed by atoms with Gasteiger partial charge in [-0.3, -0.25) is 4.90 Å². The summed E-state index contributed by atoms with van der Waals surface area (Å²) in [6.45, 7) is 8.70. The number of hydrogen-bond acceptors (Lipinski definition) is 4. The molecular weight excluding hydrogens is 423 g/mol. The van der Waals surface area contributed by atoms with Crippen LogP contribution in [0.3, 0.4) is 0 Å². The summed E-state index contributed by atoms with van der Waals surface area (Å²) < 4.78 is 0. The van der Waals surface area contributed by atoms with Crippen LogP contribution in [0.1, 0.15) is 23.1 Å². The van der Waals surface area contributed by atoms with Crippen molar-refractivity contribution in [3.8, 4) is 0 Å². The second-order valence-electron chi connectivity index (χ2n) is 7.41. The Morgan fingerprint density at radius 3 is 2.28 bits per heavy atom. The van der Waals surface area contributed by atoms with Gasteiger partial charge in [0.15, 0.2) is 0 Å². The minimum absolute atomic E-state index is 0. The molecule has 0 spiro atoms. The molecule has 6 heteroatoms. The third-order valence-electron chi connectivity index (χ3n) is 5.50. The fourth-order valence-electron chi connectivity index (χ4n) is 3.97. The number of halogens is 2. The van der Waals surface area contributed by atoms with Crippen molar-refractivity contribution >= 4 is 42.1 Å². The molecule has 0 aromatic heterocycles. The van der Waals surface area contributed by atoms with Gasteiger partial charge in [-0.2, -0.15) is 0 Å². The Kier molecular flexibility index (Phi) is 9.54. The molecule has 0 radical (unpaired) electrons. The first-order chi connectivity index (χ1) is 13.2. The molecule has 2 aliphatic rings. The van der Waals surface area contributed by atoms with Crippen molar-refractivity contribution < 1.29 is 5.11 Å². The molecule has 3 nitrogen and oxygen atoms in total. The topological polar surface area (TPSA) is 26.7 Å². The van der Waals surface area contributed by atoms with E-state index >= 15 is 0 Å². The number of nitrogens with zero attached hydrogens (tertiary/aromatic N) is 2. The molecule has 158 valence electrons. The van der Waals surface area contributed by atoms with E-state index in [4.69, 9.17) is 5.11 Å². The molecule has 2 heterocycles. The zero-order chi connectivity index (χ0) is 18.6. The van der Waals surface area contributed by atoms with Crippen molar-refractivity contribution in [2.24, 2.45) is 0 Å². The highest BCUT2D eigenvalue weighted by Crippen LogP contribution is 2.45. The summed E-state index contributed by atoms with van der Waals surface area (Å²) in [4.78, 5) is 7.62. The summed E-state index contributed by atoms with van der Waals surface area (Å²) in [5.74, 6) is 0. The fraction of sp³-hybridized carbons (Fsp3) is 0.391. The second-order valence-corrected chi connectivity index (χ2v) is 8.49. The zero-order valence-corrected chi connectivity index (χ0v) is 19.3. The first kappa shape index (κ1) is 24.3.